The van der Waals surface area contributed by atoms with Crippen LogP contribution in [-0.4, -0.2) is 12.6 Å². The second-order valence-corrected chi connectivity index (χ2v) is 3.07. The van der Waals surface area contributed by atoms with Crippen LogP contribution in [0.2, 0.25) is 0 Å². The van der Waals surface area contributed by atoms with Crippen LogP contribution in [0.15, 0.2) is 0 Å². The molecule has 1 aliphatic rings. The normalized spacial score (nSPS) is 41.0. The minimum atomic E-state index is 0.550. The Bertz CT molecular complexity index is 94.7. The Balaban J connectivity index is 2.37. The van der Waals surface area contributed by atoms with Gasteiger partial charge in [-0.15, -0.1) is 0 Å². The molecule has 9 heavy (non-hydrogen) atoms. The third kappa shape index (κ3) is 0.983. The standard InChI is InChI=1S/C8H17N/c1-4-7-6-8(7,5-2)9-3/h7,9H,4-6H2,1-3H3. The summed E-state index contributed by atoms with van der Waals surface area (Å²) in [6.45, 7) is 4.55. The molecule has 2 unspecified atom stereocenters. The van der Waals surface area contributed by atoms with Crippen molar-refractivity contribution in [1.29, 1.82) is 0 Å². The average molecular weight is 127 g/mol. The van der Waals surface area contributed by atoms with E-state index in [1.54, 1.807) is 0 Å². The highest BCUT2D eigenvalue weighted by molar-refractivity contribution is 5.07. The number of hydrogen-bond acceptors (Lipinski definition) is 1. The highest BCUT2D eigenvalue weighted by atomic mass is 15.0. The van der Waals surface area contributed by atoms with E-state index in [9.17, 15) is 0 Å². The molecule has 1 aliphatic carbocycles. The molecule has 1 N–H and O–H groups in total. The van der Waals surface area contributed by atoms with Gasteiger partial charge in [0.15, 0.2) is 0 Å². The van der Waals surface area contributed by atoms with Crippen molar-refractivity contribution in [3.05, 3.63) is 0 Å². The maximum Gasteiger partial charge on any atom is 0.0207 e. The van der Waals surface area contributed by atoms with Crippen molar-refractivity contribution in [3.63, 3.8) is 0 Å². The molecule has 0 aromatic heterocycles. The molecule has 0 aliphatic heterocycles. The summed E-state index contributed by atoms with van der Waals surface area (Å²) < 4.78 is 0. The predicted molar refractivity (Wildman–Crippen MR) is 40.5 cm³/mol. The van der Waals surface area contributed by atoms with Gasteiger partial charge in [-0.05, 0) is 25.8 Å². The molecule has 1 heteroatoms. The van der Waals surface area contributed by atoms with E-state index in [2.05, 4.69) is 26.2 Å². The Kier molecular flexibility index (Phi) is 1.80. The topological polar surface area (TPSA) is 12.0 Å². The summed E-state index contributed by atoms with van der Waals surface area (Å²) in [4.78, 5) is 0. The van der Waals surface area contributed by atoms with Crippen molar-refractivity contribution < 1.29 is 0 Å². The third-order valence-electron chi connectivity index (χ3n) is 2.85. The van der Waals surface area contributed by atoms with E-state index in [0.717, 1.165) is 5.92 Å². The SMILES string of the molecule is CCC1CC1(CC)NC. The van der Waals surface area contributed by atoms with E-state index >= 15 is 0 Å². The molecule has 0 aromatic carbocycles. The van der Waals surface area contributed by atoms with Gasteiger partial charge in [0.1, 0.15) is 0 Å². The van der Waals surface area contributed by atoms with Crippen LogP contribution in [0, 0.1) is 5.92 Å². The molecule has 0 aromatic rings. The summed E-state index contributed by atoms with van der Waals surface area (Å²) >= 11 is 0. The van der Waals surface area contributed by atoms with Gasteiger partial charge in [0.25, 0.3) is 0 Å². The minimum Gasteiger partial charge on any atom is -0.314 e. The van der Waals surface area contributed by atoms with E-state index in [1.807, 2.05) is 0 Å². The molecule has 1 nitrogen and oxygen atoms in total. The first kappa shape index (κ1) is 7.07. The van der Waals surface area contributed by atoms with E-state index in [0.29, 0.717) is 5.54 Å². The summed E-state index contributed by atoms with van der Waals surface area (Å²) in [5, 5.41) is 3.40. The van der Waals surface area contributed by atoms with Crippen LogP contribution in [0.5, 0.6) is 0 Å². The molecular weight excluding hydrogens is 110 g/mol. The molecular formula is C8H17N. The summed E-state index contributed by atoms with van der Waals surface area (Å²) in [6.07, 6.45) is 4.03. The van der Waals surface area contributed by atoms with Crippen LogP contribution < -0.4 is 5.32 Å². The molecule has 0 spiro atoms. The first-order valence-corrected chi connectivity index (χ1v) is 3.98. The zero-order valence-electron chi connectivity index (χ0n) is 6.70. The summed E-state index contributed by atoms with van der Waals surface area (Å²) in [5.74, 6) is 0.965. The molecule has 0 heterocycles. The van der Waals surface area contributed by atoms with Crippen LogP contribution in [0.1, 0.15) is 33.1 Å². The average Bonchev–Trinajstić information content (AvgIpc) is 2.63. The van der Waals surface area contributed by atoms with Gasteiger partial charge in [-0.25, -0.2) is 0 Å². The Labute approximate surface area is 57.8 Å². The fraction of sp³-hybridized carbons (Fsp3) is 1.00. The van der Waals surface area contributed by atoms with Gasteiger partial charge in [-0.1, -0.05) is 20.3 Å². The Morgan fingerprint density at radius 3 is 2.33 bits per heavy atom. The zero-order chi connectivity index (χ0) is 6.91. The van der Waals surface area contributed by atoms with Crippen molar-refractivity contribution in [2.24, 2.45) is 5.92 Å². The van der Waals surface area contributed by atoms with E-state index in [-0.39, 0.29) is 0 Å². The van der Waals surface area contributed by atoms with Gasteiger partial charge in [-0.3, -0.25) is 0 Å². The molecule has 1 fully saturated rings. The van der Waals surface area contributed by atoms with E-state index in [4.69, 9.17) is 0 Å². The first-order valence-electron chi connectivity index (χ1n) is 3.98. The minimum absolute atomic E-state index is 0.550. The Hall–Kier alpha value is -0.0400. The molecule has 0 amide bonds. The van der Waals surface area contributed by atoms with Crippen molar-refractivity contribution in [2.45, 2.75) is 38.6 Å². The third-order valence-corrected chi connectivity index (χ3v) is 2.85. The summed E-state index contributed by atoms with van der Waals surface area (Å²) in [5.41, 5.74) is 0.550. The lowest BCUT2D eigenvalue weighted by Crippen LogP contribution is -2.28. The molecule has 1 saturated carbocycles. The second-order valence-electron chi connectivity index (χ2n) is 3.07. The molecule has 0 bridgehead atoms. The zero-order valence-corrected chi connectivity index (χ0v) is 6.70. The van der Waals surface area contributed by atoms with Gasteiger partial charge in [-0.2, -0.15) is 0 Å². The molecule has 2 atom stereocenters. The fourth-order valence-corrected chi connectivity index (χ4v) is 1.83. The predicted octanol–water partition coefficient (Wildman–Crippen LogP) is 1.78. The van der Waals surface area contributed by atoms with Crippen LogP contribution in [0.4, 0.5) is 0 Å². The van der Waals surface area contributed by atoms with Gasteiger partial charge in [0, 0.05) is 5.54 Å². The van der Waals surface area contributed by atoms with Crippen molar-refractivity contribution >= 4 is 0 Å². The number of hydrogen-bond donors (Lipinski definition) is 1. The fourth-order valence-electron chi connectivity index (χ4n) is 1.83. The van der Waals surface area contributed by atoms with Crippen LogP contribution in [-0.2, 0) is 0 Å². The molecule has 54 valence electrons. The maximum absolute atomic E-state index is 3.40. The maximum atomic E-state index is 3.40. The van der Waals surface area contributed by atoms with E-state index in [1.165, 1.54) is 19.3 Å². The van der Waals surface area contributed by atoms with Crippen molar-refractivity contribution in [3.8, 4) is 0 Å². The van der Waals surface area contributed by atoms with Crippen molar-refractivity contribution in [2.75, 3.05) is 7.05 Å². The van der Waals surface area contributed by atoms with Crippen LogP contribution in [0.25, 0.3) is 0 Å². The molecule has 0 saturated heterocycles. The highest BCUT2D eigenvalue weighted by Crippen LogP contribution is 2.47. The van der Waals surface area contributed by atoms with Gasteiger partial charge in [0.05, 0.1) is 0 Å². The monoisotopic (exact) mass is 127 g/mol. The molecule has 1 rings (SSSR count). The highest BCUT2D eigenvalue weighted by Gasteiger charge is 2.49. The van der Waals surface area contributed by atoms with Crippen LogP contribution >= 0.6 is 0 Å². The van der Waals surface area contributed by atoms with Crippen LogP contribution in [0.3, 0.4) is 0 Å². The smallest absolute Gasteiger partial charge is 0.0207 e. The summed E-state index contributed by atoms with van der Waals surface area (Å²) in [7, 11) is 2.08. The lowest BCUT2D eigenvalue weighted by atomic mass is 10.1. The Morgan fingerprint density at radius 1 is 1.56 bits per heavy atom. The van der Waals surface area contributed by atoms with Gasteiger partial charge in [0.2, 0.25) is 0 Å². The van der Waals surface area contributed by atoms with E-state index < -0.39 is 0 Å². The summed E-state index contributed by atoms with van der Waals surface area (Å²) in [6, 6.07) is 0. The van der Waals surface area contributed by atoms with Gasteiger partial charge >= 0.3 is 0 Å². The Morgan fingerprint density at radius 2 is 2.22 bits per heavy atom. The second kappa shape index (κ2) is 2.30. The lowest BCUT2D eigenvalue weighted by molar-refractivity contribution is 0.477. The number of nitrogens with one attached hydrogen (secondary N) is 1. The quantitative estimate of drug-likeness (QED) is 0.609. The largest absolute Gasteiger partial charge is 0.314 e. The molecule has 0 radical (unpaired) electrons. The first-order chi connectivity index (χ1) is 4.29. The van der Waals surface area contributed by atoms with Gasteiger partial charge < -0.3 is 5.32 Å². The lowest BCUT2D eigenvalue weighted by Gasteiger charge is -2.12. The van der Waals surface area contributed by atoms with Crippen molar-refractivity contribution in [1.82, 2.24) is 5.32 Å². The number of rotatable bonds is 3.